The van der Waals surface area contributed by atoms with Crippen molar-refractivity contribution in [2.45, 2.75) is 11.0 Å². The zero-order valence-corrected chi connectivity index (χ0v) is 7.89. The van der Waals surface area contributed by atoms with Gasteiger partial charge in [0.25, 0.3) is 0 Å². The van der Waals surface area contributed by atoms with E-state index in [0.29, 0.717) is 17.4 Å². The molecule has 1 aromatic rings. The van der Waals surface area contributed by atoms with Crippen molar-refractivity contribution in [3.8, 4) is 0 Å². The average Bonchev–Trinajstić information content (AvgIpc) is 2.17. The van der Waals surface area contributed by atoms with Crippen LogP contribution in [0.25, 0.3) is 0 Å². The van der Waals surface area contributed by atoms with Crippen molar-refractivity contribution in [2.75, 3.05) is 0 Å². The SMILES string of the molecule is [CH3][Ga+][CH3].c1cc[cH-]c1. The van der Waals surface area contributed by atoms with Gasteiger partial charge in [0.1, 0.15) is 0 Å². The maximum atomic E-state index is 2.28. The van der Waals surface area contributed by atoms with Gasteiger partial charge in [0.2, 0.25) is 0 Å². The zero-order chi connectivity index (χ0) is 6.24. The Bertz CT molecular complexity index is 71.3. The van der Waals surface area contributed by atoms with Gasteiger partial charge in [-0.05, 0) is 0 Å². The van der Waals surface area contributed by atoms with Crippen molar-refractivity contribution in [2.24, 2.45) is 0 Å². The van der Waals surface area contributed by atoms with Gasteiger partial charge in [-0.25, -0.2) is 12.1 Å². The Balaban J connectivity index is 0.000000145. The van der Waals surface area contributed by atoms with Gasteiger partial charge in [0.05, 0.1) is 0 Å². The van der Waals surface area contributed by atoms with Gasteiger partial charge in [-0.1, -0.05) is 0 Å². The fourth-order valence-electron chi connectivity index (χ4n) is 0.321. The van der Waals surface area contributed by atoms with E-state index in [0.717, 1.165) is 0 Å². The summed E-state index contributed by atoms with van der Waals surface area (Å²) in [6, 6.07) is 10.0. The topological polar surface area (TPSA) is 0 Å². The fourth-order valence-corrected chi connectivity index (χ4v) is 0.321. The summed E-state index contributed by atoms with van der Waals surface area (Å²) < 4.78 is 0. The van der Waals surface area contributed by atoms with E-state index in [9.17, 15) is 0 Å². The van der Waals surface area contributed by atoms with Crippen molar-refractivity contribution in [3.63, 3.8) is 0 Å². The summed E-state index contributed by atoms with van der Waals surface area (Å²) in [4.78, 5) is 0. The van der Waals surface area contributed by atoms with Crippen molar-refractivity contribution in [3.05, 3.63) is 30.3 Å². The summed E-state index contributed by atoms with van der Waals surface area (Å²) >= 11 is 0.312. The molecule has 0 unspecified atom stereocenters. The predicted molar refractivity (Wildman–Crippen MR) is 39.5 cm³/mol. The molecular weight excluding hydrogens is 154 g/mol. The molecule has 8 heavy (non-hydrogen) atoms. The summed E-state index contributed by atoms with van der Waals surface area (Å²) in [5, 5.41) is 0. The largest absolute Gasteiger partial charge is 0.214 e. The van der Waals surface area contributed by atoms with Crippen LogP contribution in [0.2, 0.25) is 11.0 Å². The molecule has 1 aromatic carbocycles. The summed E-state index contributed by atoms with van der Waals surface area (Å²) in [5.41, 5.74) is 4.56. The molecule has 0 nitrogen and oxygen atoms in total. The predicted octanol–water partition coefficient (Wildman–Crippen LogP) is 2.19. The average molecular weight is 165 g/mol. The fraction of sp³-hybridized carbons (Fsp3) is 0.286. The van der Waals surface area contributed by atoms with Crippen LogP contribution >= 0.6 is 0 Å². The second kappa shape index (κ2) is 6.99. The van der Waals surface area contributed by atoms with Crippen LogP contribution in [-0.4, -0.2) is 17.4 Å². The molecule has 1 rings (SSSR count). The smallest absolute Gasteiger partial charge is 0.172 e. The molecule has 0 saturated carbocycles. The van der Waals surface area contributed by atoms with E-state index < -0.39 is 0 Å². The summed E-state index contributed by atoms with van der Waals surface area (Å²) in [6.45, 7) is 0. The molecule has 0 atom stereocenters. The van der Waals surface area contributed by atoms with Crippen molar-refractivity contribution < 1.29 is 0 Å². The van der Waals surface area contributed by atoms with Crippen LogP contribution in [0.1, 0.15) is 0 Å². The maximum absolute atomic E-state index is 2.28. The standard InChI is InChI=1S/C5H5.2CH3.Ga/c1-2-4-5-3-1;;;/h1-5H;2*1H3;/q-1;;;+1. The van der Waals surface area contributed by atoms with Crippen LogP contribution in [0.4, 0.5) is 0 Å². The second-order valence-corrected chi connectivity index (χ2v) is 3.96. The van der Waals surface area contributed by atoms with E-state index >= 15 is 0 Å². The molecule has 0 aliphatic heterocycles. The van der Waals surface area contributed by atoms with Gasteiger partial charge >= 0.3 is 28.4 Å². The molecule has 0 amide bonds. The Morgan fingerprint density at radius 1 is 1.12 bits per heavy atom. The normalized spacial score (nSPS) is 6.25. The minimum absolute atomic E-state index is 0.312. The first kappa shape index (κ1) is 7.99. The molecule has 0 N–H and O–H groups in total. The van der Waals surface area contributed by atoms with E-state index in [-0.39, 0.29) is 0 Å². The van der Waals surface area contributed by atoms with E-state index in [4.69, 9.17) is 0 Å². The molecule has 0 radical (unpaired) electrons. The van der Waals surface area contributed by atoms with Crippen LogP contribution < -0.4 is 0 Å². The number of hydrogen-bond acceptors (Lipinski definition) is 0. The maximum Gasteiger partial charge on any atom is -0.172 e. The molecule has 0 spiro atoms. The minimum Gasteiger partial charge on any atom is -0.214 e. The number of hydrogen-bond donors (Lipinski definition) is 0. The first-order chi connectivity index (χ1) is 3.91. The van der Waals surface area contributed by atoms with Crippen molar-refractivity contribution >= 4 is 17.4 Å². The van der Waals surface area contributed by atoms with Gasteiger partial charge in [0, 0.05) is 0 Å². The van der Waals surface area contributed by atoms with Gasteiger partial charge in [-0.2, -0.15) is 18.2 Å². The molecule has 0 bridgehead atoms. The van der Waals surface area contributed by atoms with Gasteiger partial charge < -0.3 is 0 Å². The van der Waals surface area contributed by atoms with Gasteiger partial charge in [-0.3, -0.25) is 0 Å². The zero-order valence-electron chi connectivity index (χ0n) is 5.46. The van der Waals surface area contributed by atoms with Crippen molar-refractivity contribution in [1.82, 2.24) is 0 Å². The van der Waals surface area contributed by atoms with Crippen LogP contribution in [0.15, 0.2) is 30.3 Å². The van der Waals surface area contributed by atoms with Crippen LogP contribution in [0.5, 0.6) is 0 Å². The number of rotatable bonds is 0. The molecule has 42 valence electrons. The van der Waals surface area contributed by atoms with Crippen molar-refractivity contribution in [1.29, 1.82) is 0 Å². The Hall–Kier alpha value is -0.0136. The van der Waals surface area contributed by atoms with Gasteiger partial charge in [-0.15, -0.1) is 0 Å². The van der Waals surface area contributed by atoms with Crippen LogP contribution in [0.3, 0.4) is 0 Å². The third kappa shape index (κ3) is 5.99. The monoisotopic (exact) mass is 164 g/mol. The molecule has 0 fully saturated rings. The minimum atomic E-state index is 0.312. The summed E-state index contributed by atoms with van der Waals surface area (Å²) in [6.07, 6.45) is 0. The molecular formula is C7H11Ga. The summed E-state index contributed by atoms with van der Waals surface area (Å²) in [5.74, 6) is 0. The van der Waals surface area contributed by atoms with Gasteiger partial charge in [0.15, 0.2) is 0 Å². The van der Waals surface area contributed by atoms with Crippen LogP contribution in [-0.2, 0) is 0 Å². The molecule has 0 aromatic heterocycles. The Kier molecular flexibility index (Phi) is 6.97. The van der Waals surface area contributed by atoms with Crippen LogP contribution in [0, 0.1) is 0 Å². The molecule has 1 heteroatoms. The summed E-state index contributed by atoms with van der Waals surface area (Å²) in [7, 11) is 0. The third-order valence-electron chi connectivity index (χ3n) is 0.556. The first-order valence-corrected chi connectivity index (χ1v) is 7.67. The Morgan fingerprint density at radius 3 is 1.62 bits per heavy atom. The van der Waals surface area contributed by atoms with E-state index in [2.05, 4.69) is 11.0 Å². The molecule has 0 aliphatic carbocycles. The first-order valence-electron chi connectivity index (χ1n) is 2.82. The molecule has 0 saturated heterocycles. The quantitative estimate of drug-likeness (QED) is 0.408. The molecule has 0 aliphatic rings. The van der Waals surface area contributed by atoms with E-state index in [1.165, 1.54) is 0 Å². The Labute approximate surface area is 59.1 Å². The molecule has 0 heterocycles. The Morgan fingerprint density at radius 2 is 1.50 bits per heavy atom. The van der Waals surface area contributed by atoms with E-state index in [1.54, 1.807) is 0 Å². The second-order valence-electron chi connectivity index (χ2n) is 1.54. The third-order valence-corrected chi connectivity index (χ3v) is 0.556. The van der Waals surface area contributed by atoms with E-state index in [1.807, 2.05) is 30.3 Å².